The first kappa shape index (κ1) is 21.2. The van der Waals surface area contributed by atoms with Crippen molar-refractivity contribution < 1.29 is 14.3 Å². The van der Waals surface area contributed by atoms with Crippen LogP contribution in [0.25, 0.3) is 0 Å². The van der Waals surface area contributed by atoms with Gasteiger partial charge in [-0.1, -0.05) is 55.8 Å². The highest BCUT2D eigenvalue weighted by Gasteiger charge is 2.07. The van der Waals surface area contributed by atoms with E-state index in [9.17, 15) is 4.79 Å². The molecule has 5 heteroatoms. The molecule has 0 aromatic heterocycles. The number of hydrogen-bond donors (Lipinski definition) is 2. The number of amides is 1. The minimum absolute atomic E-state index is 0.133. The zero-order valence-electron chi connectivity index (χ0n) is 17.3. The smallest absolute Gasteiger partial charge is 0.243 e. The first-order chi connectivity index (χ1) is 14.7. The van der Waals surface area contributed by atoms with Crippen LogP contribution in [0.3, 0.4) is 0 Å². The van der Waals surface area contributed by atoms with Gasteiger partial charge in [-0.05, 0) is 48.4 Å². The molecule has 0 spiro atoms. The molecule has 0 bridgehead atoms. The molecule has 30 heavy (non-hydrogen) atoms. The van der Waals surface area contributed by atoms with Crippen molar-refractivity contribution in [3.63, 3.8) is 0 Å². The van der Waals surface area contributed by atoms with Gasteiger partial charge in [0.25, 0.3) is 0 Å². The summed E-state index contributed by atoms with van der Waals surface area (Å²) in [6.07, 6.45) is 2.05. The van der Waals surface area contributed by atoms with Crippen molar-refractivity contribution in [2.24, 2.45) is 0 Å². The molecule has 0 unspecified atom stereocenters. The number of nitrogens with one attached hydrogen (secondary N) is 2. The maximum atomic E-state index is 12.3. The van der Waals surface area contributed by atoms with Gasteiger partial charge in [-0.2, -0.15) is 0 Å². The molecule has 0 aliphatic rings. The van der Waals surface area contributed by atoms with Gasteiger partial charge < -0.3 is 20.1 Å². The molecule has 5 nitrogen and oxygen atoms in total. The molecule has 3 aromatic carbocycles. The van der Waals surface area contributed by atoms with Crippen molar-refractivity contribution in [1.29, 1.82) is 0 Å². The van der Waals surface area contributed by atoms with E-state index in [1.165, 1.54) is 0 Å². The molecule has 0 saturated carbocycles. The van der Waals surface area contributed by atoms with Gasteiger partial charge in [-0.25, -0.2) is 0 Å². The van der Waals surface area contributed by atoms with Crippen LogP contribution in [-0.4, -0.2) is 19.1 Å². The highest BCUT2D eigenvalue weighted by molar-refractivity contribution is 5.95. The van der Waals surface area contributed by atoms with Gasteiger partial charge >= 0.3 is 0 Å². The van der Waals surface area contributed by atoms with E-state index in [0.29, 0.717) is 24.7 Å². The Morgan fingerprint density at radius 2 is 1.60 bits per heavy atom. The van der Waals surface area contributed by atoms with Gasteiger partial charge in [0.15, 0.2) is 0 Å². The highest BCUT2D eigenvalue weighted by Crippen LogP contribution is 2.24. The van der Waals surface area contributed by atoms with Gasteiger partial charge in [-0.3, -0.25) is 4.79 Å². The van der Waals surface area contributed by atoms with Crippen LogP contribution < -0.4 is 20.1 Å². The van der Waals surface area contributed by atoms with E-state index in [1.54, 1.807) is 0 Å². The fraction of sp³-hybridized carbons (Fsp3) is 0.240. The first-order valence-electron chi connectivity index (χ1n) is 10.3. The average Bonchev–Trinajstić information content (AvgIpc) is 2.79. The fourth-order valence-corrected chi connectivity index (χ4v) is 2.81. The molecular weight excluding hydrogens is 376 g/mol. The van der Waals surface area contributed by atoms with E-state index in [4.69, 9.17) is 9.47 Å². The maximum absolute atomic E-state index is 12.3. The number of unbranched alkanes of at least 4 members (excludes halogenated alkanes) is 1. The molecule has 0 aliphatic heterocycles. The lowest BCUT2D eigenvalue weighted by Gasteiger charge is -2.13. The zero-order chi connectivity index (χ0) is 21.0. The summed E-state index contributed by atoms with van der Waals surface area (Å²) in [5, 5.41) is 6.04. The Morgan fingerprint density at radius 1 is 0.867 bits per heavy atom. The van der Waals surface area contributed by atoms with Gasteiger partial charge in [0.05, 0.1) is 18.8 Å². The molecule has 1 amide bonds. The number of ether oxygens (including phenoxy) is 2. The van der Waals surface area contributed by atoms with E-state index in [-0.39, 0.29) is 12.5 Å². The molecule has 0 atom stereocenters. The molecule has 0 heterocycles. The summed E-state index contributed by atoms with van der Waals surface area (Å²) < 4.78 is 11.5. The van der Waals surface area contributed by atoms with Gasteiger partial charge in [0, 0.05) is 5.69 Å². The largest absolute Gasteiger partial charge is 0.491 e. The summed E-state index contributed by atoms with van der Waals surface area (Å²) in [5.41, 5.74) is 2.66. The van der Waals surface area contributed by atoms with Gasteiger partial charge in [-0.15, -0.1) is 0 Å². The molecule has 3 aromatic rings. The summed E-state index contributed by atoms with van der Waals surface area (Å²) in [5.74, 6) is 1.34. The second-order valence-corrected chi connectivity index (χ2v) is 6.90. The number of rotatable bonds is 11. The zero-order valence-corrected chi connectivity index (χ0v) is 17.3. The Hall–Kier alpha value is -3.47. The predicted molar refractivity (Wildman–Crippen MR) is 121 cm³/mol. The molecule has 0 radical (unpaired) electrons. The Morgan fingerprint density at radius 3 is 2.37 bits per heavy atom. The molecule has 2 N–H and O–H groups in total. The van der Waals surface area contributed by atoms with Crippen LogP contribution in [0.2, 0.25) is 0 Å². The maximum Gasteiger partial charge on any atom is 0.243 e. The van der Waals surface area contributed by atoms with Gasteiger partial charge in [0.2, 0.25) is 5.91 Å². The summed E-state index contributed by atoms with van der Waals surface area (Å²) in [6.45, 7) is 3.44. The Bertz CT molecular complexity index is 911. The summed E-state index contributed by atoms with van der Waals surface area (Å²) in [7, 11) is 0. The predicted octanol–water partition coefficient (Wildman–Crippen LogP) is 5.50. The van der Waals surface area contributed by atoms with Crippen molar-refractivity contribution in [3.8, 4) is 11.5 Å². The quantitative estimate of drug-likeness (QED) is 0.415. The number of benzene rings is 3. The highest BCUT2D eigenvalue weighted by atomic mass is 16.5. The number of carbonyl (C=O) groups is 1. The van der Waals surface area contributed by atoms with Crippen molar-refractivity contribution >= 4 is 17.3 Å². The van der Waals surface area contributed by atoms with E-state index in [1.807, 2.05) is 78.9 Å². The third-order valence-electron chi connectivity index (χ3n) is 4.47. The van der Waals surface area contributed by atoms with Crippen molar-refractivity contribution in [3.05, 3.63) is 84.4 Å². The molecule has 0 saturated heterocycles. The monoisotopic (exact) mass is 404 g/mol. The summed E-state index contributed by atoms with van der Waals surface area (Å²) in [6, 6.07) is 25.1. The fourth-order valence-electron chi connectivity index (χ4n) is 2.81. The van der Waals surface area contributed by atoms with Gasteiger partial charge in [0.1, 0.15) is 18.1 Å². The number of anilines is 2. The minimum Gasteiger partial charge on any atom is -0.491 e. The standard InChI is InChI=1S/C25H28N2O3/c1-2-3-17-29-24-12-8-7-11-23(24)27-25(28)18-26-21-13-15-22(16-14-21)30-19-20-9-5-4-6-10-20/h4-16,26H,2-3,17-19H2,1H3,(H,27,28). The molecule has 156 valence electrons. The third kappa shape index (κ3) is 6.85. The second-order valence-electron chi connectivity index (χ2n) is 6.90. The summed E-state index contributed by atoms with van der Waals surface area (Å²) >= 11 is 0. The first-order valence-corrected chi connectivity index (χ1v) is 10.3. The second kappa shape index (κ2) is 11.5. The van der Waals surface area contributed by atoms with E-state index in [2.05, 4.69) is 17.6 Å². The minimum atomic E-state index is -0.133. The van der Waals surface area contributed by atoms with Crippen LogP contribution in [0, 0.1) is 0 Å². The lowest BCUT2D eigenvalue weighted by Crippen LogP contribution is -2.22. The normalized spacial score (nSPS) is 10.3. The molecule has 0 fully saturated rings. The van der Waals surface area contributed by atoms with Crippen LogP contribution in [-0.2, 0) is 11.4 Å². The Kier molecular flexibility index (Phi) is 8.15. The van der Waals surface area contributed by atoms with Crippen LogP contribution in [0.15, 0.2) is 78.9 Å². The van der Waals surface area contributed by atoms with Crippen molar-refractivity contribution in [2.45, 2.75) is 26.4 Å². The van der Waals surface area contributed by atoms with Crippen LogP contribution in [0.5, 0.6) is 11.5 Å². The number of para-hydroxylation sites is 2. The Labute approximate surface area is 178 Å². The lowest BCUT2D eigenvalue weighted by molar-refractivity contribution is -0.114. The van der Waals surface area contributed by atoms with Crippen LogP contribution >= 0.6 is 0 Å². The summed E-state index contributed by atoms with van der Waals surface area (Å²) in [4.78, 5) is 12.3. The number of carbonyl (C=O) groups excluding carboxylic acids is 1. The van der Waals surface area contributed by atoms with Crippen molar-refractivity contribution in [2.75, 3.05) is 23.8 Å². The molecule has 3 rings (SSSR count). The van der Waals surface area contributed by atoms with E-state index < -0.39 is 0 Å². The molecule has 0 aliphatic carbocycles. The third-order valence-corrected chi connectivity index (χ3v) is 4.47. The van der Waals surface area contributed by atoms with E-state index in [0.717, 1.165) is 29.8 Å². The number of hydrogen-bond acceptors (Lipinski definition) is 4. The van der Waals surface area contributed by atoms with Crippen LogP contribution in [0.4, 0.5) is 11.4 Å². The topological polar surface area (TPSA) is 59.6 Å². The van der Waals surface area contributed by atoms with Crippen molar-refractivity contribution in [1.82, 2.24) is 0 Å². The molecular formula is C25H28N2O3. The Balaban J connectivity index is 1.46. The van der Waals surface area contributed by atoms with E-state index >= 15 is 0 Å². The SMILES string of the molecule is CCCCOc1ccccc1NC(=O)CNc1ccc(OCc2ccccc2)cc1. The lowest BCUT2D eigenvalue weighted by atomic mass is 10.2. The average molecular weight is 405 g/mol. The van der Waals surface area contributed by atoms with Crippen LogP contribution in [0.1, 0.15) is 25.3 Å².